The van der Waals surface area contributed by atoms with E-state index in [-0.39, 0.29) is 5.84 Å². The first-order valence-corrected chi connectivity index (χ1v) is 9.77. The number of aliphatic hydroxyl groups is 2. The Kier molecular flexibility index (Phi) is 6.83. The topological polar surface area (TPSA) is 146 Å². The summed E-state index contributed by atoms with van der Waals surface area (Å²) < 4.78 is 5.41. The third-order valence-electron chi connectivity index (χ3n) is 4.54. The molecule has 1 aliphatic heterocycles. The molecule has 0 atom stereocenters. The van der Waals surface area contributed by atoms with E-state index in [2.05, 4.69) is 25.2 Å². The molecule has 10 heteroatoms. The number of nitrogens with zero attached hydrogens (tertiary/aromatic N) is 4. The third-order valence-corrected chi connectivity index (χ3v) is 4.54. The van der Waals surface area contributed by atoms with Crippen LogP contribution in [0.5, 0.6) is 0 Å². The number of rotatable bonds is 5. The van der Waals surface area contributed by atoms with Crippen LogP contribution < -0.4 is 16.0 Å². The zero-order chi connectivity index (χ0) is 22.4. The van der Waals surface area contributed by atoms with Crippen LogP contribution in [0.1, 0.15) is 19.5 Å². The van der Waals surface area contributed by atoms with Crippen LogP contribution in [-0.2, 0) is 10.3 Å². The lowest BCUT2D eigenvalue weighted by molar-refractivity contribution is 0.0738. The van der Waals surface area contributed by atoms with Crippen molar-refractivity contribution < 1.29 is 19.7 Å². The number of urea groups is 1. The summed E-state index contributed by atoms with van der Waals surface area (Å²) in [5.41, 5.74) is 6.07. The Bertz CT molecular complexity index is 976. The standard InChI is InChI=1S/C21H26N6O4/c1-21(2,30)16-13-18(27-8-11-31-12-9-27)26-19(24-16)14-3-5-15(6-4-14)23-20(29)25-17(22)7-10-28/h3-7,10,13,28,30H,8-9,11-12H2,1-2H3,(H3,22,23,25,29)/b10-7-. The number of hydrogen-bond donors (Lipinski definition) is 4. The quantitative estimate of drug-likeness (QED) is 0.323. The fourth-order valence-corrected chi connectivity index (χ4v) is 2.92. The van der Waals surface area contributed by atoms with Crippen molar-refractivity contribution in [1.82, 2.24) is 9.97 Å². The van der Waals surface area contributed by atoms with Gasteiger partial charge in [0, 0.05) is 36.5 Å². The van der Waals surface area contributed by atoms with E-state index in [9.17, 15) is 9.90 Å². The second-order valence-corrected chi connectivity index (χ2v) is 7.45. The number of amidine groups is 1. The number of nitrogens with one attached hydrogen (secondary N) is 1. The normalized spacial score (nSPS) is 15.3. The van der Waals surface area contributed by atoms with Gasteiger partial charge in [-0.3, -0.25) is 0 Å². The van der Waals surface area contributed by atoms with Crippen molar-refractivity contribution in [2.45, 2.75) is 19.4 Å². The number of nitrogens with two attached hydrogens (primary N) is 1. The molecule has 1 saturated heterocycles. The Hall–Kier alpha value is -3.50. The maximum Gasteiger partial charge on any atom is 0.347 e. The first-order valence-electron chi connectivity index (χ1n) is 9.77. The molecule has 0 unspecified atom stereocenters. The van der Waals surface area contributed by atoms with E-state index < -0.39 is 11.6 Å². The molecule has 5 N–H and O–H groups in total. The molecule has 0 bridgehead atoms. The van der Waals surface area contributed by atoms with E-state index in [1.807, 2.05) is 0 Å². The molecule has 1 aromatic carbocycles. The van der Waals surface area contributed by atoms with Gasteiger partial charge >= 0.3 is 6.03 Å². The second-order valence-electron chi connectivity index (χ2n) is 7.45. The molecule has 1 fully saturated rings. The highest BCUT2D eigenvalue weighted by molar-refractivity contribution is 6.03. The van der Waals surface area contributed by atoms with Crippen LogP contribution >= 0.6 is 0 Å². The predicted molar refractivity (Wildman–Crippen MR) is 118 cm³/mol. The lowest BCUT2D eigenvalue weighted by Crippen LogP contribution is -2.37. The van der Waals surface area contributed by atoms with Crippen molar-refractivity contribution in [2.75, 3.05) is 36.5 Å². The maximum atomic E-state index is 11.9. The summed E-state index contributed by atoms with van der Waals surface area (Å²) >= 11 is 0. The number of morpholine rings is 1. The van der Waals surface area contributed by atoms with E-state index in [0.717, 1.165) is 17.5 Å². The van der Waals surface area contributed by atoms with Gasteiger partial charge < -0.3 is 30.9 Å². The van der Waals surface area contributed by atoms with Gasteiger partial charge in [-0.05, 0) is 38.1 Å². The molecule has 0 aliphatic carbocycles. The summed E-state index contributed by atoms with van der Waals surface area (Å²) in [5, 5.41) is 21.7. The van der Waals surface area contributed by atoms with Gasteiger partial charge in [0.05, 0.1) is 25.2 Å². The molecule has 3 rings (SSSR count). The van der Waals surface area contributed by atoms with E-state index in [1.54, 1.807) is 44.2 Å². The van der Waals surface area contributed by atoms with Gasteiger partial charge in [-0.15, -0.1) is 0 Å². The third kappa shape index (κ3) is 6.00. The number of carbonyl (C=O) groups is 1. The second kappa shape index (κ2) is 9.54. The Morgan fingerprint density at radius 1 is 1.26 bits per heavy atom. The Labute approximate surface area is 180 Å². The van der Waals surface area contributed by atoms with Gasteiger partial charge in [-0.2, -0.15) is 4.99 Å². The molecule has 1 aliphatic rings. The molecule has 2 heterocycles. The molecule has 2 aromatic rings. The van der Waals surface area contributed by atoms with Crippen molar-refractivity contribution in [3.8, 4) is 11.4 Å². The monoisotopic (exact) mass is 426 g/mol. The number of benzene rings is 1. The molecule has 31 heavy (non-hydrogen) atoms. The van der Waals surface area contributed by atoms with Gasteiger partial charge in [0.2, 0.25) is 0 Å². The number of ether oxygens (including phenoxy) is 1. The molecule has 0 spiro atoms. The highest BCUT2D eigenvalue weighted by Crippen LogP contribution is 2.27. The first-order chi connectivity index (χ1) is 14.8. The average Bonchev–Trinajstić information content (AvgIpc) is 2.74. The van der Waals surface area contributed by atoms with E-state index in [0.29, 0.717) is 49.8 Å². The van der Waals surface area contributed by atoms with Crippen LogP contribution in [0.2, 0.25) is 0 Å². The Morgan fingerprint density at radius 3 is 2.55 bits per heavy atom. The summed E-state index contributed by atoms with van der Waals surface area (Å²) in [6, 6.07) is 8.04. The van der Waals surface area contributed by atoms with Gasteiger partial charge in [0.1, 0.15) is 17.3 Å². The molecule has 0 saturated carbocycles. The highest BCUT2D eigenvalue weighted by atomic mass is 16.5. The van der Waals surface area contributed by atoms with Gasteiger partial charge in [0.25, 0.3) is 0 Å². The highest BCUT2D eigenvalue weighted by Gasteiger charge is 2.23. The largest absolute Gasteiger partial charge is 0.515 e. The molecule has 1 aromatic heterocycles. The minimum absolute atomic E-state index is 0.121. The number of amides is 2. The predicted octanol–water partition coefficient (Wildman–Crippen LogP) is 2.17. The van der Waals surface area contributed by atoms with Crippen LogP contribution in [0.4, 0.5) is 16.3 Å². The lowest BCUT2D eigenvalue weighted by atomic mass is 10.0. The first kappa shape index (κ1) is 22.2. The van der Waals surface area contributed by atoms with Crippen molar-refractivity contribution in [1.29, 1.82) is 0 Å². The molecule has 10 nitrogen and oxygen atoms in total. The molecular formula is C21H26N6O4. The minimum Gasteiger partial charge on any atom is -0.515 e. The number of anilines is 2. The van der Waals surface area contributed by atoms with Crippen molar-refractivity contribution in [3.63, 3.8) is 0 Å². The van der Waals surface area contributed by atoms with E-state index >= 15 is 0 Å². The molecule has 2 amide bonds. The SMILES string of the molecule is CC(C)(O)c1cc(N2CCOCC2)nc(-c2ccc(NC(=O)N=C(N)/C=C\O)cc2)n1. The van der Waals surface area contributed by atoms with E-state index in [4.69, 9.17) is 15.6 Å². The number of hydrogen-bond acceptors (Lipinski definition) is 7. The Morgan fingerprint density at radius 2 is 1.94 bits per heavy atom. The smallest absolute Gasteiger partial charge is 0.347 e. The fraction of sp³-hybridized carbons (Fsp3) is 0.333. The summed E-state index contributed by atoms with van der Waals surface area (Å²) in [7, 11) is 0. The Balaban J connectivity index is 1.86. The minimum atomic E-state index is -1.13. The number of aromatic nitrogens is 2. The van der Waals surface area contributed by atoms with Gasteiger partial charge in [0.15, 0.2) is 5.82 Å². The average molecular weight is 426 g/mol. The number of aliphatic imine (C=N–C) groups is 1. The maximum absolute atomic E-state index is 11.9. The fourth-order valence-electron chi connectivity index (χ4n) is 2.92. The van der Waals surface area contributed by atoms with Crippen LogP contribution in [0.15, 0.2) is 47.7 Å². The molecule has 164 valence electrons. The van der Waals surface area contributed by atoms with Crippen molar-refractivity contribution in [2.24, 2.45) is 10.7 Å². The summed E-state index contributed by atoms with van der Waals surface area (Å²) in [6.45, 7) is 6.01. The van der Waals surface area contributed by atoms with E-state index in [1.165, 1.54) is 0 Å². The summed E-state index contributed by atoms with van der Waals surface area (Å²) in [4.78, 5) is 26.8. The zero-order valence-electron chi connectivity index (χ0n) is 17.4. The van der Waals surface area contributed by atoms with Gasteiger partial charge in [-0.25, -0.2) is 14.8 Å². The number of aliphatic hydroxyl groups excluding tert-OH is 1. The summed E-state index contributed by atoms with van der Waals surface area (Å²) in [5.74, 6) is 1.07. The van der Waals surface area contributed by atoms with Crippen LogP contribution in [0.25, 0.3) is 11.4 Å². The van der Waals surface area contributed by atoms with Crippen LogP contribution in [0, 0.1) is 0 Å². The lowest BCUT2D eigenvalue weighted by Gasteiger charge is -2.29. The zero-order valence-corrected chi connectivity index (χ0v) is 17.4. The number of carbonyl (C=O) groups excluding carboxylic acids is 1. The van der Waals surface area contributed by atoms with Gasteiger partial charge in [-0.1, -0.05) is 0 Å². The molecular weight excluding hydrogens is 400 g/mol. The molecule has 0 radical (unpaired) electrons. The van der Waals surface area contributed by atoms with Crippen molar-refractivity contribution in [3.05, 3.63) is 48.4 Å². The van der Waals surface area contributed by atoms with Crippen LogP contribution in [-0.4, -0.2) is 58.4 Å². The van der Waals surface area contributed by atoms with Crippen LogP contribution in [0.3, 0.4) is 0 Å². The van der Waals surface area contributed by atoms with Crippen molar-refractivity contribution >= 4 is 23.4 Å². The summed E-state index contributed by atoms with van der Waals surface area (Å²) in [6.07, 6.45) is 1.80.